The molecule has 0 heterocycles. The molecule has 3 nitrogen and oxygen atoms in total. The van der Waals surface area contributed by atoms with Gasteiger partial charge in [-0.3, -0.25) is 4.79 Å². The topological polar surface area (TPSA) is 63.3 Å². The van der Waals surface area contributed by atoms with E-state index in [2.05, 4.69) is 29.8 Å². The van der Waals surface area contributed by atoms with Crippen LogP contribution in [0.2, 0.25) is 0 Å². The predicted molar refractivity (Wildman–Crippen MR) is 67.5 cm³/mol. The summed E-state index contributed by atoms with van der Waals surface area (Å²) in [6.07, 6.45) is 0.353. The second-order valence-electron chi connectivity index (χ2n) is 4.16. The Hall–Kier alpha value is -0.870. The molecule has 1 atom stereocenters. The molecule has 3 N–H and O–H groups in total. The summed E-state index contributed by atoms with van der Waals surface area (Å²) >= 11 is 3.49. The summed E-state index contributed by atoms with van der Waals surface area (Å²) in [5, 5.41) is 8.72. The highest BCUT2D eigenvalue weighted by molar-refractivity contribution is 9.10. The number of carbonyl (C=O) groups is 1. The van der Waals surface area contributed by atoms with E-state index in [4.69, 9.17) is 10.8 Å². The van der Waals surface area contributed by atoms with Gasteiger partial charge in [0, 0.05) is 4.47 Å². The van der Waals surface area contributed by atoms with E-state index in [1.165, 1.54) is 5.56 Å². The van der Waals surface area contributed by atoms with Crippen LogP contribution in [-0.4, -0.2) is 17.1 Å². The van der Waals surface area contributed by atoms with Crippen LogP contribution in [0.1, 0.15) is 30.9 Å². The standard InChI is InChI=1S/C12H16BrNO2/c1-7(2)9-4-3-8(5-10(9)13)6-11(14)12(15)16/h3-5,7,11H,6,14H2,1-2H3,(H,15,16). The van der Waals surface area contributed by atoms with Crippen molar-refractivity contribution in [1.29, 1.82) is 0 Å². The van der Waals surface area contributed by atoms with Crippen molar-refractivity contribution in [2.45, 2.75) is 32.2 Å². The molecule has 0 aliphatic carbocycles. The minimum atomic E-state index is -0.968. The van der Waals surface area contributed by atoms with Crippen LogP contribution in [-0.2, 0) is 11.2 Å². The molecule has 0 fully saturated rings. The lowest BCUT2D eigenvalue weighted by Gasteiger charge is -2.11. The SMILES string of the molecule is CC(C)c1ccc(CC(N)C(=O)O)cc1Br. The van der Waals surface area contributed by atoms with Crippen LogP contribution in [0.3, 0.4) is 0 Å². The molecule has 0 spiro atoms. The fraction of sp³-hybridized carbons (Fsp3) is 0.417. The van der Waals surface area contributed by atoms with Crippen LogP contribution >= 0.6 is 15.9 Å². The normalized spacial score (nSPS) is 12.8. The van der Waals surface area contributed by atoms with Gasteiger partial charge in [0.2, 0.25) is 0 Å². The van der Waals surface area contributed by atoms with Gasteiger partial charge in [0.1, 0.15) is 6.04 Å². The Morgan fingerprint density at radius 1 is 1.50 bits per heavy atom. The predicted octanol–water partition coefficient (Wildman–Crippen LogP) is 2.53. The van der Waals surface area contributed by atoms with Crippen molar-refractivity contribution >= 4 is 21.9 Å². The molecule has 1 rings (SSSR count). The molecule has 4 heteroatoms. The first kappa shape index (κ1) is 13.2. The number of hydrogen-bond acceptors (Lipinski definition) is 2. The van der Waals surface area contributed by atoms with Crippen molar-refractivity contribution in [1.82, 2.24) is 0 Å². The molecule has 0 saturated heterocycles. The Morgan fingerprint density at radius 2 is 2.12 bits per heavy atom. The lowest BCUT2D eigenvalue weighted by molar-refractivity contribution is -0.138. The lowest BCUT2D eigenvalue weighted by Crippen LogP contribution is -2.32. The summed E-state index contributed by atoms with van der Waals surface area (Å²) < 4.78 is 1.01. The van der Waals surface area contributed by atoms with Gasteiger partial charge in [-0.15, -0.1) is 0 Å². The van der Waals surface area contributed by atoms with E-state index >= 15 is 0 Å². The van der Waals surface area contributed by atoms with E-state index in [9.17, 15) is 4.79 Å². The first-order chi connectivity index (χ1) is 7.41. The van der Waals surface area contributed by atoms with Gasteiger partial charge < -0.3 is 10.8 Å². The number of aliphatic carboxylic acids is 1. The molecule has 1 aromatic carbocycles. The minimum absolute atomic E-state index is 0.353. The Morgan fingerprint density at radius 3 is 2.56 bits per heavy atom. The molecule has 0 aliphatic rings. The molecule has 0 bridgehead atoms. The second kappa shape index (κ2) is 5.46. The Kier molecular flexibility index (Phi) is 4.50. The van der Waals surface area contributed by atoms with E-state index in [1.807, 2.05) is 18.2 Å². The third-order valence-electron chi connectivity index (χ3n) is 2.46. The van der Waals surface area contributed by atoms with E-state index in [0.717, 1.165) is 10.0 Å². The average Bonchev–Trinajstić information content (AvgIpc) is 2.16. The highest BCUT2D eigenvalue weighted by atomic mass is 79.9. The highest BCUT2D eigenvalue weighted by Gasteiger charge is 2.13. The van der Waals surface area contributed by atoms with Crippen LogP contribution < -0.4 is 5.73 Å². The molecule has 0 amide bonds. The van der Waals surface area contributed by atoms with Crippen molar-refractivity contribution in [3.05, 3.63) is 33.8 Å². The molecule has 0 radical (unpaired) electrons. The lowest BCUT2D eigenvalue weighted by atomic mass is 9.99. The Bertz CT molecular complexity index is 391. The summed E-state index contributed by atoms with van der Waals surface area (Å²) in [5.74, 6) is -0.527. The maximum absolute atomic E-state index is 10.6. The quantitative estimate of drug-likeness (QED) is 0.894. The van der Waals surface area contributed by atoms with Gasteiger partial charge in [0.05, 0.1) is 0 Å². The van der Waals surface area contributed by atoms with Gasteiger partial charge in [0.25, 0.3) is 0 Å². The third-order valence-corrected chi connectivity index (χ3v) is 3.15. The highest BCUT2D eigenvalue weighted by Crippen LogP contribution is 2.25. The summed E-state index contributed by atoms with van der Waals surface area (Å²) in [5.41, 5.74) is 7.63. The molecule has 0 aromatic heterocycles. The smallest absolute Gasteiger partial charge is 0.320 e. The van der Waals surface area contributed by atoms with E-state index in [0.29, 0.717) is 12.3 Å². The number of rotatable bonds is 4. The van der Waals surface area contributed by atoms with E-state index in [-0.39, 0.29) is 0 Å². The summed E-state index contributed by atoms with van der Waals surface area (Å²) in [7, 11) is 0. The summed E-state index contributed by atoms with van der Waals surface area (Å²) in [6.45, 7) is 4.23. The van der Waals surface area contributed by atoms with Crippen LogP contribution in [0.15, 0.2) is 22.7 Å². The number of hydrogen-bond donors (Lipinski definition) is 2. The number of halogens is 1. The zero-order chi connectivity index (χ0) is 12.3. The molecule has 1 unspecified atom stereocenters. The van der Waals surface area contributed by atoms with Gasteiger partial charge in [-0.05, 0) is 29.5 Å². The molecular formula is C12H16BrNO2. The number of carboxylic acid groups (broad SMARTS) is 1. The van der Waals surface area contributed by atoms with Gasteiger partial charge in [-0.25, -0.2) is 0 Å². The first-order valence-electron chi connectivity index (χ1n) is 5.18. The minimum Gasteiger partial charge on any atom is -0.480 e. The van der Waals surface area contributed by atoms with Gasteiger partial charge >= 0.3 is 5.97 Å². The van der Waals surface area contributed by atoms with Gasteiger partial charge in [0.15, 0.2) is 0 Å². The number of nitrogens with two attached hydrogens (primary N) is 1. The van der Waals surface area contributed by atoms with Crippen molar-refractivity contribution in [3.63, 3.8) is 0 Å². The Labute approximate surface area is 104 Å². The summed E-state index contributed by atoms with van der Waals surface area (Å²) in [6, 6.07) is 5.05. The van der Waals surface area contributed by atoms with Crippen LogP contribution in [0.25, 0.3) is 0 Å². The second-order valence-corrected chi connectivity index (χ2v) is 5.01. The fourth-order valence-corrected chi connectivity index (χ4v) is 2.39. The average molecular weight is 286 g/mol. The van der Waals surface area contributed by atoms with Gasteiger partial charge in [-0.2, -0.15) is 0 Å². The van der Waals surface area contributed by atoms with Crippen LogP contribution in [0.5, 0.6) is 0 Å². The van der Waals surface area contributed by atoms with Crippen molar-refractivity contribution in [2.75, 3.05) is 0 Å². The van der Waals surface area contributed by atoms with Crippen LogP contribution in [0, 0.1) is 0 Å². The number of benzene rings is 1. The van der Waals surface area contributed by atoms with Crippen molar-refractivity contribution < 1.29 is 9.90 Å². The van der Waals surface area contributed by atoms with Crippen molar-refractivity contribution in [3.8, 4) is 0 Å². The fourth-order valence-electron chi connectivity index (χ4n) is 1.51. The zero-order valence-corrected chi connectivity index (χ0v) is 11.0. The maximum Gasteiger partial charge on any atom is 0.320 e. The summed E-state index contributed by atoms with van der Waals surface area (Å²) in [4.78, 5) is 10.6. The largest absolute Gasteiger partial charge is 0.480 e. The molecule has 0 saturated carbocycles. The van der Waals surface area contributed by atoms with E-state index in [1.54, 1.807) is 0 Å². The molecule has 16 heavy (non-hydrogen) atoms. The van der Waals surface area contributed by atoms with Crippen molar-refractivity contribution in [2.24, 2.45) is 5.73 Å². The number of carboxylic acids is 1. The molecular weight excluding hydrogens is 270 g/mol. The van der Waals surface area contributed by atoms with Crippen LogP contribution in [0.4, 0.5) is 0 Å². The maximum atomic E-state index is 10.6. The molecule has 1 aromatic rings. The zero-order valence-electron chi connectivity index (χ0n) is 9.40. The molecule has 88 valence electrons. The first-order valence-corrected chi connectivity index (χ1v) is 5.97. The molecule has 0 aliphatic heterocycles. The van der Waals surface area contributed by atoms with E-state index < -0.39 is 12.0 Å². The third kappa shape index (κ3) is 3.32. The monoisotopic (exact) mass is 285 g/mol. The van der Waals surface area contributed by atoms with Gasteiger partial charge in [-0.1, -0.05) is 41.9 Å². The Balaban J connectivity index is 2.85.